The number of aryl methyl sites for hydroxylation is 2. The molecule has 1 N–H and O–H groups in total. The predicted molar refractivity (Wildman–Crippen MR) is 59.9 cm³/mol. The van der Waals surface area contributed by atoms with E-state index in [1.165, 1.54) is 19.4 Å². The second kappa shape index (κ2) is 4.79. The zero-order valence-corrected chi connectivity index (χ0v) is 9.68. The fourth-order valence-corrected chi connectivity index (χ4v) is 2.25. The maximum absolute atomic E-state index is 5.67. The average molecular weight is 208 g/mol. The Balaban J connectivity index is 1.97. The molecule has 1 atom stereocenters. The molecule has 0 amide bonds. The molecule has 0 spiro atoms. The third kappa shape index (κ3) is 2.59. The van der Waals surface area contributed by atoms with Crippen LogP contribution in [-0.2, 0) is 12.8 Å². The second-order valence-corrected chi connectivity index (χ2v) is 4.38. The first-order valence-electron chi connectivity index (χ1n) is 5.95. The summed E-state index contributed by atoms with van der Waals surface area (Å²) < 4.78 is 5.67. The molecule has 1 aromatic heterocycles. The van der Waals surface area contributed by atoms with Crippen LogP contribution in [0.2, 0.25) is 0 Å². The van der Waals surface area contributed by atoms with Gasteiger partial charge in [0.15, 0.2) is 5.89 Å². The van der Waals surface area contributed by atoms with E-state index in [1.807, 2.05) is 6.92 Å². The summed E-state index contributed by atoms with van der Waals surface area (Å²) in [6.07, 6.45) is 4.55. The van der Waals surface area contributed by atoms with Crippen molar-refractivity contribution < 1.29 is 4.42 Å². The number of oxazole rings is 1. The van der Waals surface area contributed by atoms with Crippen molar-refractivity contribution in [2.24, 2.45) is 5.92 Å². The summed E-state index contributed by atoms with van der Waals surface area (Å²) in [6, 6.07) is 0. The maximum atomic E-state index is 5.67. The van der Waals surface area contributed by atoms with Crippen molar-refractivity contribution in [1.29, 1.82) is 0 Å². The van der Waals surface area contributed by atoms with Crippen LogP contribution < -0.4 is 5.32 Å². The smallest absolute Gasteiger partial charge is 0.194 e. The van der Waals surface area contributed by atoms with Crippen molar-refractivity contribution >= 4 is 0 Å². The Labute approximate surface area is 91.3 Å². The Hall–Kier alpha value is -0.830. The van der Waals surface area contributed by atoms with Gasteiger partial charge in [0.2, 0.25) is 0 Å². The van der Waals surface area contributed by atoms with E-state index in [4.69, 9.17) is 4.42 Å². The highest BCUT2D eigenvalue weighted by atomic mass is 16.4. The molecule has 1 aliphatic heterocycles. The van der Waals surface area contributed by atoms with Gasteiger partial charge >= 0.3 is 0 Å². The molecule has 3 heteroatoms. The van der Waals surface area contributed by atoms with Gasteiger partial charge in [-0.2, -0.15) is 0 Å². The normalized spacial score (nSPS) is 21.9. The average Bonchev–Trinajstić information content (AvgIpc) is 2.60. The van der Waals surface area contributed by atoms with Crippen molar-refractivity contribution in [1.82, 2.24) is 10.3 Å². The van der Waals surface area contributed by atoms with Crippen LogP contribution in [0.1, 0.15) is 37.1 Å². The van der Waals surface area contributed by atoms with E-state index in [-0.39, 0.29) is 0 Å². The maximum Gasteiger partial charge on any atom is 0.194 e. The van der Waals surface area contributed by atoms with Gasteiger partial charge in [-0.25, -0.2) is 4.98 Å². The van der Waals surface area contributed by atoms with Gasteiger partial charge in [-0.05, 0) is 45.2 Å². The van der Waals surface area contributed by atoms with Crippen LogP contribution in [0.25, 0.3) is 0 Å². The number of hydrogen-bond donors (Lipinski definition) is 1. The summed E-state index contributed by atoms with van der Waals surface area (Å²) in [5, 5.41) is 3.42. The van der Waals surface area contributed by atoms with Gasteiger partial charge in [0, 0.05) is 6.42 Å². The molecule has 1 saturated heterocycles. The first kappa shape index (κ1) is 10.7. The number of aromatic nitrogens is 1. The van der Waals surface area contributed by atoms with Crippen molar-refractivity contribution in [3.63, 3.8) is 0 Å². The highest BCUT2D eigenvalue weighted by Gasteiger charge is 2.17. The molecule has 0 saturated carbocycles. The summed E-state index contributed by atoms with van der Waals surface area (Å²) >= 11 is 0. The van der Waals surface area contributed by atoms with E-state index in [2.05, 4.69) is 17.2 Å². The monoisotopic (exact) mass is 208 g/mol. The van der Waals surface area contributed by atoms with E-state index in [0.717, 1.165) is 36.7 Å². The minimum absolute atomic E-state index is 0.710. The van der Waals surface area contributed by atoms with Crippen LogP contribution in [0, 0.1) is 12.8 Å². The molecule has 15 heavy (non-hydrogen) atoms. The van der Waals surface area contributed by atoms with Crippen LogP contribution in [-0.4, -0.2) is 18.1 Å². The molecule has 3 nitrogen and oxygen atoms in total. The van der Waals surface area contributed by atoms with Crippen LogP contribution in [0.15, 0.2) is 4.42 Å². The quantitative estimate of drug-likeness (QED) is 0.826. The zero-order chi connectivity index (χ0) is 10.7. The van der Waals surface area contributed by atoms with Crippen molar-refractivity contribution in [3.05, 3.63) is 17.3 Å². The van der Waals surface area contributed by atoms with Crippen LogP contribution >= 0.6 is 0 Å². The van der Waals surface area contributed by atoms with Gasteiger partial charge in [0.1, 0.15) is 5.76 Å². The largest absolute Gasteiger partial charge is 0.446 e. The molecule has 1 aromatic rings. The number of piperidine rings is 1. The van der Waals surface area contributed by atoms with Crippen molar-refractivity contribution in [2.45, 2.75) is 39.5 Å². The SMILES string of the molecule is CCc1nc(CC2CCCNC2)oc1C. The van der Waals surface area contributed by atoms with E-state index in [9.17, 15) is 0 Å². The fraction of sp³-hybridized carbons (Fsp3) is 0.750. The Morgan fingerprint density at radius 2 is 2.40 bits per heavy atom. The molecule has 84 valence electrons. The third-order valence-electron chi connectivity index (χ3n) is 3.13. The lowest BCUT2D eigenvalue weighted by molar-refractivity contribution is 0.342. The van der Waals surface area contributed by atoms with E-state index in [0.29, 0.717) is 5.92 Å². The molecule has 0 radical (unpaired) electrons. The lowest BCUT2D eigenvalue weighted by Gasteiger charge is -2.21. The molecule has 0 aromatic carbocycles. The van der Waals surface area contributed by atoms with Crippen molar-refractivity contribution in [2.75, 3.05) is 13.1 Å². The van der Waals surface area contributed by atoms with Gasteiger partial charge < -0.3 is 9.73 Å². The molecule has 1 fully saturated rings. The number of nitrogens with zero attached hydrogens (tertiary/aromatic N) is 1. The van der Waals surface area contributed by atoms with Crippen LogP contribution in [0.4, 0.5) is 0 Å². The Morgan fingerprint density at radius 3 is 3.00 bits per heavy atom. The van der Waals surface area contributed by atoms with Gasteiger partial charge in [-0.15, -0.1) is 0 Å². The van der Waals surface area contributed by atoms with E-state index < -0.39 is 0 Å². The van der Waals surface area contributed by atoms with Crippen LogP contribution in [0.3, 0.4) is 0 Å². The number of hydrogen-bond acceptors (Lipinski definition) is 3. The first-order chi connectivity index (χ1) is 7.29. The molecule has 0 aliphatic carbocycles. The fourth-order valence-electron chi connectivity index (χ4n) is 2.25. The zero-order valence-electron chi connectivity index (χ0n) is 9.68. The summed E-state index contributed by atoms with van der Waals surface area (Å²) in [5.41, 5.74) is 1.12. The minimum atomic E-state index is 0.710. The Kier molecular flexibility index (Phi) is 3.41. The highest BCUT2D eigenvalue weighted by Crippen LogP contribution is 2.18. The van der Waals surface area contributed by atoms with E-state index in [1.54, 1.807) is 0 Å². The predicted octanol–water partition coefficient (Wildman–Crippen LogP) is 2.09. The highest BCUT2D eigenvalue weighted by molar-refractivity contribution is 5.08. The van der Waals surface area contributed by atoms with E-state index >= 15 is 0 Å². The molecule has 1 aliphatic rings. The summed E-state index contributed by atoms with van der Waals surface area (Å²) in [6.45, 7) is 6.41. The molecular formula is C12H20N2O. The summed E-state index contributed by atoms with van der Waals surface area (Å²) in [7, 11) is 0. The lowest BCUT2D eigenvalue weighted by Crippen LogP contribution is -2.30. The molecule has 0 bridgehead atoms. The number of nitrogens with one attached hydrogen (secondary N) is 1. The first-order valence-corrected chi connectivity index (χ1v) is 5.95. The molecule has 2 rings (SSSR count). The van der Waals surface area contributed by atoms with Crippen LogP contribution in [0.5, 0.6) is 0 Å². The summed E-state index contributed by atoms with van der Waals surface area (Å²) in [4.78, 5) is 4.53. The molecule has 1 unspecified atom stereocenters. The molecular weight excluding hydrogens is 188 g/mol. The van der Waals surface area contributed by atoms with Crippen molar-refractivity contribution in [3.8, 4) is 0 Å². The topological polar surface area (TPSA) is 38.1 Å². The second-order valence-electron chi connectivity index (χ2n) is 4.38. The third-order valence-corrected chi connectivity index (χ3v) is 3.13. The van der Waals surface area contributed by atoms with Gasteiger partial charge in [-0.1, -0.05) is 6.92 Å². The van der Waals surface area contributed by atoms with Gasteiger partial charge in [0.05, 0.1) is 5.69 Å². The molecule has 2 heterocycles. The Bertz CT molecular complexity index is 313. The standard InChI is InChI=1S/C12H20N2O/c1-3-11-9(2)15-12(14-11)7-10-5-4-6-13-8-10/h10,13H,3-8H2,1-2H3. The van der Waals surface area contributed by atoms with Gasteiger partial charge in [0.25, 0.3) is 0 Å². The van der Waals surface area contributed by atoms with Gasteiger partial charge in [-0.3, -0.25) is 0 Å². The summed E-state index contributed by atoms with van der Waals surface area (Å²) in [5.74, 6) is 2.64. The Morgan fingerprint density at radius 1 is 1.53 bits per heavy atom. The lowest BCUT2D eigenvalue weighted by atomic mass is 9.96. The number of rotatable bonds is 3. The minimum Gasteiger partial charge on any atom is -0.446 e.